The Kier molecular flexibility index (Phi) is 4.01. The van der Waals surface area contributed by atoms with Crippen LogP contribution in [0.25, 0.3) is 0 Å². The first kappa shape index (κ1) is 13.1. The van der Waals surface area contributed by atoms with E-state index in [9.17, 15) is 8.78 Å². The monoisotopic (exact) mass is 256 g/mol. The molecule has 2 rings (SSSR count). The second-order valence-corrected chi connectivity index (χ2v) is 4.45. The molecule has 0 bridgehead atoms. The van der Waals surface area contributed by atoms with E-state index in [1.807, 2.05) is 11.8 Å². The first-order valence-corrected chi connectivity index (χ1v) is 6.15. The van der Waals surface area contributed by atoms with Crippen molar-refractivity contribution in [3.05, 3.63) is 23.8 Å². The van der Waals surface area contributed by atoms with E-state index < -0.39 is 6.43 Å². The molecule has 1 aliphatic heterocycles. The van der Waals surface area contributed by atoms with Crippen molar-refractivity contribution in [3.8, 4) is 0 Å². The van der Waals surface area contributed by atoms with Crippen molar-refractivity contribution in [2.24, 2.45) is 0 Å². The molecular weight excluding hydrogens is 238 g/mol. The fraction of sp³-hybridized carbons (Fsp3) is 0.538. The third-order valence-corrected chi connectivity index (χ3v) is 3.29. The van der Waals surface area contributed by atoms with Gasteiger partial charge in [0.15, 0.2) is 0 Å². The number of nitrogens with zero attached hydrogens (tertiary/aromatic N) is 1. The number of nitrogens with two attached hydrogens (primary N) is 1. The molecular formula is C13H18F2N2O. The maximum atomic E-state index is 13.1. The van der Waals surface area contributed by atoms with E-state index in [-0.39, 0.29) is 11.6 Å². The number of alkyl halides is 2. The smallest absolute Gasteiger partial charge is 0.265 e. The average Bonchev–Trinajstić information content (AvgIpc) is 2.38. The summed E-state index contributed by atoms with van der Waals surface area (Å²) in [6, 6.07) is 4.87. The summed E-state index contributed by atoms with van der Waals surface area (Å²) in [5, 5.41) is 0. The molecule has 0 amide bonds. The largest absolute Gasteiger partial charge is 0.399 e. The zero-order valence-electron chi connectivity index (χ0n) is 10.4. The summed E-state index contributed by atoms with van der Waals surface area (Å²) in [5.74, 6) is 0. The molecule has 5 heteroatoms. The fourth-order valence-corrected chi connectivity index (χ4v) is 2.32. The molecule has 1 heterocycles. The van der Waals surface area contributed by atoms with Crippen molar-refractivity contribution in [3.63, 3.8) is 0 Å². The van der Waals surface area contributed by atoms with Crippen molar-refractivity contribution in [2.75, 3.05) is 30.4 Å². The molecule has 0 aromatic heterocycles. The molecule has 1 saturated heterocycles. The van der Waals surface area contributed by atoms with Gasteiger partial charge in [-0.15, -0.1) is 0 Å². The number of anilines is 2. The number of hydrogen-bond acceptors (Lipinski definition) is 3. The third kappa shape index (κ3) is 2.56. The van der Waals surface area contributed by atoms with Gasteiger partial charge < -0.3 is 15.4 Å². The SMILES string of the molecule is CCC1COCCN1c1ccc(N)cc1C(F)F. The van der Waals surface area contributed by atoms with E-state index >= 15 is 0 Å². The summed E-state index contributed by atoms with van der Waals surface area (Å²) >= 11 is 0. The van der Waals surface area contributed by atoms with E-state index in [0.29, 0.717) is 31.1 Å². The number of rotatable bonds is 3. The molecule has 1 unspecified atom stereocenters. The van der Waals surface area contributed by atoms with E-state index in [4.69, 9.17) is 10.5 Å². The summed E-state index contributed by atoms with van der Waals surface area (Å²) in [4.78, 5) is 2.00. The van der Waals surface area contributed by atoms with Gasteiger partial charge in [-0.25, -0.2) is 8.78 Å². The molecule has 100 valence electrons. The van der Waals surface area contributed by atoms with Gasteiger partial charge in [-0.05, 0) is 24.6 Å². The normalized spacial score (nSPS) is 20.4. The van der Waals surface area contributed by atoms with Crippen molar-refractivity contribution < 1.29 is 13.5 Å². The number of morpholine rings is 1. The molecule has 1 aromatic carbocycles. The van der Waals surface area contributed by atoms with Gasteiger partial charge >= 0.3 is 0 Å². The number of nitrogen functional groups attached to an aromatic ring is 1. The van der Waals surface area contributed by atoms with Crippen LogP contribution in [0.3, 0.4) is 0 Å². The average molecular weight is 256 g/mol. The highest BCUT2D eigenvalue weighted by Gasteiger charge is 2.26. The van der Waals surface area contributed by atoms with Crippen LogP contribution >= 0.6 is 0 Å². The Morgan fingerprint density at radius 3 is 2.94 bits per heavy atom. The van der Waals surface area contributed by atoms with E-state index in [1.165, 1.54) is 6.07 Å². The number of hydrogen-bond donors (Lipinski definition) is 1. The first-order valence-electron chi connectivity index (χ1n) is 6.15. The molecule has 2 N–H and O–H groups in total. The predicted molar refractivity (Wildman–Crippen MR) is 68.1 cm³/mol. The topological polar surface area (TPSA) is 38.5 Å². The van der Waals surface area contributed by atoms with Crippen LogP contribution in [0.15, 0.2) is 18.2 Å². The summed E-state index contributed by atoms with van der Waals surface area (Å²) in [6.07, 6.45) is -1.64. The Labute approximate surface area is 106 Å². The minimum absolute atomic E-state index is 0.00958. The zero-order chi connectivity index (χ0) is 13.1. The molecule has 0 spiro atoms. The highest BCUT2D eigenvalue weighted by atomic mass is 19.3. The lowest BCUT2D eigenvalue weighted by atomic mass is 10.1. The quantitative estimate of drug-likeness (QED) is 0.845. The van der Waals surface area contributed by atoms with Gasteiger partial charge in [0.2, 0.25) is 0 Å². The van der Waals surface area contributed by atoms with Crippen LogP contribution in [0.4, 0.5) is 20.2 Å². The maximum absolute atomic E-state index is 13.1. The van der Waals surface area contributed by atoms with Gasteiger partial charge in [0.1, 0.15) is 0 Å². The van der Waals surface area contributed by atoms with E-state index in [0.717, 1.165) is 6.42 Å². The highest BCUT2D eigenvalue weighted by Crippen LogP contribution is 2.33. The fourth-order valence-electron chi connectivity index (χ4n) is 2.32. The molecule has 1 aliphatic rings. The van der Waals surface area contributed by atoms with Crippen LogP contribution in [-0.2, 0) is 4.74 Å². The van der Waals surface area contributed by atoms with Crippen molar-refractivity contribution >= 4 is 11.4 Å². The highest BCUT2D eigenvalue weighted by molar-refractivity contribution is 5.61. The summed E-state index contributed by atoms with van der Waals surface area (Å²) in [5.41, 5.74) is 6.54. The Bertz CT molecular complexity index is 412. The molecule has 1 aromatic rings. The van der Waals surface area contributed by atoms with Crippen LogP contribution in [-0.4, -0.2) is 25.8 Å². The van der Waals surface area contributed by atoms with E-state index in [2.05, 4.69) is 0 Å². The van der Waals surface area contributed by atoms with Crippen molar-refractivity contribution in [1.29, 1.82) is 0 Å². The number of halogens is 2. The summed E-state index contributed by atoms with van der Waals surface area (Å²) in [7, 11) is 0. The third-order valence-electron chi connectivity index (χ3n) is 3.29. The molecule has 1 atom stereocenters. The Balaban J connectivity index is 2.36. The Morgan fingerprint density at radius 1 is 1.50 bits per heavy atom. The second kappa shape index (κ2) is 5.52. The van der Waals surface area contributed by atoms with E-state index in [1.54, 1.807) is 12.1 Å². The lowest BCUT2D eigenvalue weighted by Crippen LogP contribution is -2.45. The van der Waals surface area contributed by atoms with Crippen molar-refractivity contribution in [1.82, 2.24) is 0 Å². The van der Waals surface area contributed by atoms with Crippen LogP contribution < -0.4 is 10.6 Å². The lowest BCUT2D eigenvalue weighted by molar-refractivity contribution is 0.0919. The Hall–Kier alpha value is -1.36. The standard InChI is InChI=1S/C13H18F2N2O/c1-2-10-8-18-6-5-17(10)12-4-3-9(16)7-11(12)13(14)15/h3-4,7,10,13H,2,5-6,8,16H2,1H3. The zero-order valence-corrected chi connectivity index (χ0v) is 10.4. The van der Waals surface area contributed by atoms with Gasteiger partial charge in [0.05, 0.1) is 19.3 Å². The molecule has 1 fully saturated rings. The van der Waals surface area contributed by atoms with Gasteiger partial charge in [-0.2, -0.15) is 0 Å². The number of ether oxygens (including phenoxy) is 1. The minimum Gasteiger partial charge on any atom is -0.399 e. The Morgan fingerprint density at radius 2 is 2.28 bits per heavy atom. The minimum atomic E-state index is -2.51. The molecule has 0 aliphatic carbocycles. The van der Waals surface area contributed by atoms with Crippen LogP contribution in [0.1, 0.15) is 25.3 Å². The first-order chi connectivity index (χ1) is 8.63. The van der Waals surface area contributed by atoms with Crippen molar-refractivity contribution in [2.45, 2.75) is 25.8 Å². The molecule has 18 heavy (non-hydrogen) atoms. The second-order valence-electron chi connectivity index (χ2n) is 4.45. The predicted octanol–water partition coefficient (Wildman–Crippen LogP) is 2.82. The molecule has 0 radical (unpaired) electrons. The maximum Gasteiger partial charge on any atom is 0.265 e. The van der Waals surface area contributed by atoms with Gasteiger partial charge in [-0.1, -0.05) is 6.92 Å². The van der Waals surface area contributed by atoms with Crippen LogP contribution in [0.5, 0.6) is 0 Å². The van der Waals surface area contributed by atoms with Gasteiger partial charge in [0.25, 0.3) is 6.43 Å². The summed E-state index contributed by atoms with van der Waals surface area (Å²) in [6.45, 7) is 3.83. The molecule has 0 saturated carbocycles. The molecule has 3 nitrogen and oxygen atoms in total. The lowest BCUT2D eigenvalue weighted by Gasteiger charge is -2.38. The van der Waals surface area contributed by atoms with Crippen LogP contribution in [0, 0.1) is 0 Å². The summed E-state index contributed by atoms with van der Waals surface area (Å²) < 4.78 is 31.6. The number of benzene rings is 1. The van der Waals surface area contributed by atoms with Gasteiger partial charge in [-0.3, -0.25) is 0 Å². The van der Waals surface area contributed by atoms with Crippen LogP contribution in [0.2, 0.25) is 0 Å². The van der Waals surface area contributed by atoms with Gasteiger partial charge in [0, 0.05) is 23.5 Å².